The first-order valence-electron chi connectivity index (χ1n) is 7.81. The lowest BCUT2D eigenvalue weighted by molar-refractivity contribution is 0.0486. The van der Waals surface area contributed by atoms with Gasteiger partial charge in [-0.25, -0.2) is 4.79 Å². The summed E-state index contributed by atoms with van der Waals surface area (Å²) < 4.78 is 15.9. The second kappa shape index (κ2) is 9.00. The Bertz CT molecular complexity index is 600. The number of aryl methyl sites for hydroxylation is 1. The summed E-state index contributed by atoms with van der Waals surface area (Å²) in [4.78, 5) is 11.5. The molecule has 23 heavy (non-hydrogen) atoms. The number of rotatable bonds is 9. The van der Waals surface area contributed by atoms with Crippen LogP contribution in [0.4, 0.5) is 0 Å². The first-order valence-corrected chi connectivity index (χ1v) is 7.81. The number of furan rings is 1. The van der Waals surface area contributed by atoms with Crippen molar-refractivity contribution in [1.82, 2.24) is 0 Å². The van der Waals surface area contributed by atoms with Crippen molar-refractivity contribution in [3.05, 3.63) is 53.5 Å². The van der Waals surface area contributed by atoms with E-state index in [1.165, 1.54) is 5.56 Å². The van der Waals surface area contributed by atoms with E-state index in [4.69, 9.17) is 19.0 Å². The van der Waals surface area contributed by atoms with Crippen molar-refractivity contribution in [1.29, 1.82) is 0 Å². The molecule has 0 bridgehead atoms. The molecule has 0 unspecified atom stereocenters. The van der Waals surface area contributed by atoms with Gasteiger partial charge in [0.05, 0.1) is 6.61 Å². The topological polar surface area (TPSA) is 68.9 Å². The van der Waals surface area contributed by atoms with Crippen LogP contribution in [0.5, 0.6) is 5.75 Å². The minimum absolute atomic E-state index is 0.185. The van der Waals surface area contributed by atoms with E-state index in [2.05, 4.69) is 0 Å². The summed E-state index contributed by atoms with van der Waals surface area (Å²) in [6.45, 7) is 2.55. The summed E-state index contributed by atoms with van der Waals surface area (Å²) in [5, 5.41) is 8.77. The number of carbonyl (C=O) groups is 1. The fourth-order valence-corrected chi connectivity index (χ4v) is 2.12. The van der Waals surface area contributed by atoms with Crippen LogP contribution in [-0.4, -0.2) is 24.3 Å². The van der Waals surface area contributed by atoms with E-state index in [0.29, 0.717) is 12.4 Å². The third-order valence-corrected chi connectivity index (χ3v) is 3.32. The zero-order valence-electron chi connectivity index (χ0n) is 13.3. The molecule has 0 fully saturated rings. The van der Waals surface area contributed by atoms with Gasteiger partial charge in [0.1, 0.15) is 18.1 Å². The molecule has 2 aromatic rings. The molecule has 124 valence electrons. The number of hydrogen-bond donors (Lipinski definition) is 1. The first kappa shape index (κ1) is 17.1. The molecule has 0 atom stereocenters. The lowest BCUT2D eigenvalue weighted by Crippen LogP contribution is -2.02. The maximum atomic E-state index is 11.5. The Morgan fingerprint density at radius 1 is 1.13 bits per heavy atom. The largest absolute Gasteiger partial charge is 0.486 e. The Kier molecular flexibility index (Phi) is 6.69. The molecule has 1 aromatic heterocycles. The summed E-state index contributed by atoms with van der Waals surface area (Å²) in [6.07, 6.45) is 2.74. The normalized spacial score (nSPS) is 10.5. The lowest BCUT2D eigenvalue weighted by Gasteiger charge is -2.06. The average molecular weight is 318 g/mol. The van der Waals surface area contributed by atoms with Gasteiger partial charge in [0.25, 0.3) is 0 Å². The molecular weight excluding hydrogens is 296 g/mol. The third-order valence-electron chi connectivity index (χ3n) is 3.32. The molecule has 0 saturated carbocycles. The first-order chi connectivity index (χ1) is 11.2. The monoisotopic (exact) mass is 318 g/mol. The summed E-state index contributed by atoms with van der Waals surface area (Å²) in [5.41, 5.74) is 1.22. The van der Waals surface area contributed by atoms with Gasteiger partial charge < -0.3 is 19.0 Å². The standard InChI is InChI=1S/C18H22O5/c1-2-21-18(20)17-11-10-16(23-17)13-22-15-8-6-14(7-9-15)5-3-4-12-19/h6-11,19H,2-5,12-13H2,1H3. The van der Waals surface area contributed by atoms with Crippen molar-refractivity contribution >= 4 is 5.97 Å². The highest BCUT2D eigenvalue weighted by molar-refractivity contribution is 5.86. The van der Waals surface area contributed by atoms with Crippen LogP contribution in [0.1, 0.15) is 41.6 Å². The van der Waals surface area contributed by atoms with Crippen LogP contribution in [0.3, 0.4) is 0 Å². The van der Waals surface area contributed by atoms with Crippen LogP contribution in [-0.2, 0) is 17.8 Å². The van der Waals surface area contributed by atoms with E-state index < -0.39 is 5.97 Å². The number of benzene rings is 1. The van der Waals surface area contributed by atoms with E-state index in [-0.39, 0.29) is 19.0 Å². The highest BCUT2D eigenvalue weighted by Crippen LogP contribution is 2.17. The smallest absolute Gasteiger partial charge is 0.374 e. The zero-order chi connectivity index (χ0) is 16.5. The van der Waals surface area contributed by atoms with Gasteiger partial charge in [0.15, 0.2) is 0 Å². The molecule has 5 nitrogen and oxygen atoms in total. The van der Waals surface area contributed by atoms with Crippen molar-refractivity contribution in [3.63, 3.8) is 0 Å². The van der Waals surface area contributed by atoms with Crippen LogP contribution in [0.15, 0.2) is 40.8 Å². The molecule has 0 radical (unpaired) electrons. The van der Waals surface area contributed by atoms with Gasteiger partial charge in [-0.2, -0.15) is 0 Å². The van der Waals surface area contributed by atoms with Gasteiger partial charge in [-0.05, 0) is 56.0 Å². The van der Waals surface area contributed by atoms with Crippen molar-refractivity contribution in [3.8, 4) is 5.75 Å². The maximum absolute atomic E-state index is 11.5. The Morgan fingerprint density at radius 2 is 1.91 bits per heavy atom. The molecule has 0 aliphatic heterocycles. The predicted octanol–water partition coefficient (Wildman–Crippen LogP) is 3.35. The van der Waals surface area contributed by atoms with E-state index in [9.17, 15) is 4.79 Å². The number of ether oxygens (including phenoxy) is 2. The predicted molar refractivity (Wildman–Crippen MR) is 85.5 cm³/mol. The maximum Gasteiger partial charge on any atom is 0.374 e. The summed E-state index contributed by atoms with van der Waals surface area (Å²) in [6, 6.07) is 11.1. The van der Waals surface area contributed by atoms with Crippen molar-refractivity contribution in [2.45, 2.75) is 32.8 Å². The molecule has 2 rings (SSSR count). The summed E-state index contributed by atoms with van der Waals surface area (Å²) >= 11 is 0. The fourth-order valence-electron chi connectivity index (χ4n) is 2.12. The molecule has 0 aliphatic carbocycles. The van der Waals surface area contributed by atoms with Crippen LogP contribution in [0, 0.1) is 0 Å². The molecule has 0 spiro atoms. The summed E-state index contributed by atoms with van der Waals surface area (Å²) in [7, 11) is 0. The quantitative estimate of drug-likeness (QED) is 0.567. The van der Waals surface area contributed by atoms with Crippen molar-refractivity contribution in [2.75, 3.05) is 13.2 Å². The van der Waals surface area contributed by atoms with Crippen LogP contribution in [0.25, 0.3) is 0 Å². The molecule has 5 heteroatoms. The Morgan fingerprint density at radius 3 is 2.61 bits per heavy atom. The van der Waals surface area contributed by atoms with E-state index in [1.807, 2.05) is 24.3 Å². The van der Waals surface area contributed by atoms with Crippen LogP contribution < -0.4 is 4.74 Å². The fraction of sp³-hybridized carbons (Fsp3) is 0.389. The number of carbonyl (C=O) groups excluding carboxylic acids is 1. The molecule has 0 aliphatic rings. The zero-order valence-corrected chi connectivity index (χ0v) is 13.3. The molecular formula is C18H22O5. The van der Waals surface area contributed by atoms with Gasteiger partial charge in [-0.3, -0.25) is 0 Å². The van der Waals surface area contributed by atoms with Gasteiger partial charge in [0, 0.05) is 6.61 Å². The van der Waals surface area contributed by atoms with Gasteiger partial charge >= 0.3 is 5.97 Å². The van der Waals surface area contributed by atoms with E-state index >= 15 is 0 Å². The minimum atomic E-state index is -0.467. The van der Waals surface area contributed by atoms with Gasteiger partial charge in [-0.15, -0.1) is 0 Å². The van der Waals surface area contributed by atoms with E-state index in [0.717, 1.165) is 25.0 Å². The minimum Gasteiger partial charge on any atom is -0.486 e. The number of esters is 1. The van der Waals surface area contributed by atoms with Crippen molar-refractivity contribution < 1.29 is 23.8 Å². The molecule has 0 amide bonds. The second-order valence-electron chi connectivity index (χ2n) is 5.10. The lowest BCUT2D eigenvalue weighted by atomic mass is 10.1. The molecule has 1 N–H and O–H groups in total. The summed E-state index contributed by atoms with van der Waals surface area (Å²) in [5.74, 6) is 1.03. The van der Waals surface area contributed by atoms with E-state index in [1.54, 1.807) is 19.1 Å². The Balaban J connectivity index is 1.82. The number of aliphatic hydroxyl groups excluding tert-OH is 1. The molecule has 1 heterocycles. The van der Waals surface area contributed by atoms with Gasteiger partial charge in [-0.1, -0.05) is 12.1 Å². The third kappa shape index (κ3) is 5.45. The molecule has 0 saturated heterocycles. The Hall–Kier alpha value is -2.27. The van der Waals surface area contributed by atoms with Crippen LogP contribution >= 0.6 is 0 Å². The highest BCUT2D eigenvalue weighted by Gasteiger charge is 2.12. The molecule has 1 aromatic carbocycles. The number of unbranched alkanes of at least 4 members (excludes halogenated alkanes) is 1. The average Bonchev–Trinajstić information content (AvgIpc) is 3.04. The van der Waals surface area contributed by atoms with Crippen molar-refractivity contribution in [2.24, 2.45) is 0 Å². The number of hydrogen-bond acceptors (Lipinski definition) is 5. The number of aliphatic hydroxyl groups is 1. The Labute approximate surface area is 135 Å². The van der Waals surface area contributed by atoms with Crippen LogP contribution in [0.2, 0.25) is 0 Å². The SMILES string of the molecule is CCOC(=O)c1ccc(COc2ccc(CCCCO)cc2)o1. The highest BCUT2D eigenvalue weighted by atomic mass is 16.5. The van der Waals surface area contributed by atoms with Gasteiger partial charge in [0.2, 0.25) is 5.76 Å². The second-order valence-corrected chi connectivity index (χ2v) is 5.10.